The molecule has 0 saturated carbocycles. The molecule has 2 heterocycles. The fraction of sp³-hybridized carbons (Fsp3) is 0.688. The molecule has 1 N–H and O–H groups in total. The molecule has 0 aromatic carbocycles. The Bertz CT molecular complexity index is 451. The second-order valence-corrected chi connectivity index (χ2v) is 6.62. The van der Waals surface area contributed by atoms with Crippen LogP contribution in [0.25, 0.3) is 0 Å². The number of rotatable bonds is 3. The number of likely N-dealkylation sites (tertiary alicyclic amines) is 1. The summed E-state index contributed by atoms with van der Waals surface area (Å²) in [6.45, 7) is 9.20. The molecule has 2 unspecified atom stereocenters. The molecule has 0 radical (unpaired) electrons. The Morgan fingerprint density at radius 1 is 1.52 bits per heavy atom. The van der Waals surface area contributed by atoms with Crippen molar-refractivity contribution in [1.29, 1.82) is 0 Å². The van der Waals surface area contributed by atoms with Crippen molar-refractivity contribution in [2.75, 3.05) is 6.54 Å². The zero-order valence-electron chi connectivity index (χ0n) is 13.4. The van der Waals surface area contributed by atoms with Gasteiger partial charge in [-0.25, -0.2) is 4.79 Å². The van der Waals surface area contributed by atoms with Gasteiger partial charge in [0.2, 0.25) is 0 Å². The van der Waals surface area contributed by atoms with E-state index >= 15 is 0 Å². The Morgan fingerprint density at radius 3 is 2.90 bits per heavy atom. The average molecular weight is 294 g/mol. The Kier molecular flexibility index (Phi) is 4.93. The van der Waals surface area contributed by atoms with Gasteiger partial charge in [-0.15, -0.1) is 0 Å². The first-order valence-corrected chi connectivity index (χ1v) is 7.62. The smallest absolute Gasteiger partial charge is 0.410 e. The summed E-state index contributed by atoms with van der Waals surface area (Å²) >= 11 is 0. The lowest BCUT2D eigenvalue weighted by Gasteiger charge is -2.40. The van der Waals surface area contributed by atoms with Crippen LogP contribution >= 0.6 is 0 Å². The third-order valence-electron chi connectivity index (χ3n) is 3.73. The Morgan fingerprint density at radius 2 is 2.29 bits per heavy atom. The van der Waals surface area contributed by atoms with Crippen molar-refractivity contribution in [3.05, 3.63) is 24.2 Å². The zero-order chi connectivity index (χ0) is 15.5. The number of nitrogens with one attached hydrogen (secondary N) is 1. The van der Waals surface area contributed by atoms with Crippen molar-refractivity contribution in [3.63, 3.8) is 0 Å². The number of carbonyl (C=O) groups is 1. The van der Waals surface area contributed by atoms with Crippen LogP contribution < -0.4 is 5.32 Å². The highest BCUT2D eigenvalue weighted by Crippen LogP contribution is 2.21. The molecule has 1 aliphatic rings. The average Bonchev–Trinajstić information content (AvgIpc) is 2.88. The van der Waals surface area contributed by atoms with Gasteiger partial charge in [-0.3, -0.25) is 0 Å². The maximum Gasteiger partial charge on any atom is 0.410 e. The number of furan rings is 1. The number of nitrogens with zero attached hydrogens (tertiary/aromatic N) is 1. The van der Waals surface area contributed by atoms with E-state index in [0.29, 0.717) is 6.54 Å². The fourth-order valence-electron chi connectivity index (χ4n) is 2.64. The molecular formula is C16H26N2O3. The highest BCUT2D eigenvalue weighted by molar-refractivity contribution is 5.68. The van der Waals surface area contributed by atoms with Gasteiger partial charge < -0.3 is 19.4 Å². The van der Waals surface area contributed by atoms with Gasteiger partial charge in [0, 0.05) is 18.6 Å². The second kappa shape index (κ2) is 6.52. The van der Waals surface area contributed by atoms with Gasteiger partial charge in [-0.2, -0.15) is 0 Å². The highest BCUT2D eigenvalue weighted by atomic mass is 16.6. The lowest BCUT2D eigenvalue weighted by atomic mass is 9.98. The van der Waals surface area contributed by atoms with Gasteiger partial charge in [0.1, 0.15) is 11.4 Å². The van der Waals surface area contributed by atoms with E-state index < -0.39 is 5.60 Å². The van der Waals surface area contributed by atoms with Gasteiger partial charge in [0.05, 0.1) is 12.8 Å². The number of hydrogen-bond donors (Lipinski definition) is 1. The number of carbonyl (C=O) groups excluding carboxylic acids is 1. The van der Waals surface area contributed by atoms with E-state index in [-0.39, 0.29) is 18.2 Å². The molecule has 5 heteroatoms. The van der Waals surface area contributed by atoms with E-state index in [9.17, 15) is 4.79 Å². The molecular weight excluding hydrogens is 268 g/mol. The van der Waals surface area contributed by atoms with Crippen LogP contribution in [-0.2, 0) is 11.3 Å². The molecule has 1 aromatic heterocycles. The van der Waals surface area contributed by atoms with Crippen molar-refractivity contribution in [3.8, 4) is 0 Å². The zero-order valence-corrected chi connectivity index (χ0v) is 13.4. The van der Waals surface area contributed by atoms with E-state index in [1.54, 1.807) is 6.26 Å². The fourth-order valence-corrected chi connectivity index (χ4v) is 2.64. The predicted octanol–water partition coefficient (Wildman–Crippen LogP) is 3.16. The van der Waals surface area contributed by atoms with Gasteiger partial charge in [0.25, 0.3) is 0 Å². The van der Waals surface area contributed by atoms with E-state index in [0.717, 1.165) is 25.1 Å². The van der Waals surface area contributed by atoms with E-state index in [2.05, 4.69) is 12.2 Å². The number of ether oxygens (including phenoxy) is 1. The Hall–Kier alpha value is -1.49. The normalized spacial score (nSPS) is 23.1. The Labute approximate surface area is 126 Å². The summed E-state index contributed by atoms with van der Waals surface area (Å²) in [7, 11) is 0. The van der Waals surface area contributed by atoms with Crippen molar-refractivity contribution in [1.82, 2.24) is 10.2 Å². The van der Waals surface area contributed by atoms with Gasteiger partial charge >= 0.3 is 6.09 Å². The maximum atomic E-state index is 12.3. The van der Waals surface area contributed by atoms with Crippen LogP contribution in [0.4, 0.5) is 4.79 Å². The lowest BCUT2D eigenvalue weighted by molar-refractivity contribution is 0.00690. The monoisotopic (exact) mass is 294 g/mol. The molecule has 1 aromatic rings. The molecule has 0 bridgehead atoms. The largest absolute Gasteiger partial charge is 0.468 e. The third kappa shape index (κ3) is 4.49. The van der Waals surface area contributed by atoms with Crippen LogP contribution in [0.15, 0.2) is 22.8 Å². The topological polar surface area (TPSA) is 54.7 Å². The first kappa shape index (κ1) is 15.9. The summed E-state index contributed by atoms with van der Waals surface area (Å²) in [5.74, 6) is 0.914. The van der Waals surface area contributed by atoms with Crippen molar-refractivity contribution >= 4 is 6.09 Å². The SMILES string of the molecule is CC1C(NCc2ccco2)CCCN1C(=O)OC(C)(C)C. The molecule has 1 fully saturated rings. The minimum Gasteiger partial charge on any atom is -0.468 e. The van der Waals surface area contributed by atoms with Crippen LogP contribution in [-0.4, -0.2) is 35.2 Å². The van der Waals surface area contributed by atoms with Crippen molar-refractivity contribution in [2.24, 2.45) is 0 Å². The Balaban J connectivity index is 1.91. The van der Waals surface area contributed by atoms with Crippen LogP contribution in [0.2, 0.25) is 0 Å². The van der Waals surface area contributed by atoms with Crippen molar-refractivity contribution < 1.29 is 13.9 Å². The molecule has 1 saturated heterocycles. The molecule has 118 valence electrons. The maximum absolute atomic E-state index is 12.3. The molecule has 1 amide bonds. The molecule has 21 heavy (non-hydrogen) atoms. The molecule has 0 aliphatic carbocycles. The van der Waals surface area contributed by atoms with Gasteiger partial charge in [-0.1, -0.05) is 0 Å². The number of piperidine rings is 1. The standard InChI is InChI=1S/C16H26N2O3/c1-12-14(17-11-13-7-6-10-20-13)8-5-9-18(12)15(19)21-16(2,3)4/h6-7,10,12,14,17H,5,8-9,11H2,1-4H3. The predicted molar refractivity (Wildman–Crippen MR) is 81.0 cm³/mol. The van der Waals surface area contributed by atoms with Gasteiger partial charge in [-0.05, 0) is 52.7 Å². The van der Waals surface area contributed by atoms with E-state index in [1.807, 2.05) is 37.8 Å². The highest BCUT2D eigenvalue weighted by Gasteiger charge is 2.33. The molecule has 2 rings (SSSR count). The first-order chi connectivity index (χ1) is 9.87. The first-order valence-electron chi connectivity index (χ1n) is 7.62. The van der Waals surface area contributed by atoms with Crippen LogP contribution in [0.3, 0.4) is 0 Å². The quantitative estimate of drug-likeness (QED) is 0.930. The van der Waals surface area contributed by atoms with Crippen LogP contribution in [0.5, 0.6) is 0 Å². The molecule has 1 aliphatic heterocycles. The molecule has 2 atom stereocenters. The summed E-state index contributed by atoms with van der Waals surface area (Å²) in [5.41, 5.74) is -0.453. The summed E-state index contributed by atoms with van der Waals surface area (Å²) in [5, 5.41) is 3.48. The minimum atomic E-state index is -0.453. The summed E-state index contributed by atoms with van der Waals surface area (Å²) in [6, 6.07) is 4.21. The minimum absolute atomic E-state index is 0.114. The van der Waals surface area contributed by atoms with Crippen LogP contribution in [0, 0.1) is 0 Å². The lowest BCUT2D eigenvalue weighted by Crippen LogP contribution is -2.55. The van der Waals surface area contributed by atoms with E-state index in [4.69, 9.17) is 9.15 Å². The summed E-state index contributed by atoms with van der Waals surface area (Å²) in [6.07, 6.45) is 3.49. The molecule has 0 spiro atoms. The van der Waals surface area contributed by atoms with Crippen molar-refractivity contribution in [2.45, 2.75) is 64.8 Å². The van der Waals surface area contributed by atoms with Crippen LogP contribution in [0.1, 0.15) is 46.3 Å². The molecule has 5 nitrogen and oxygen atoms in total. The number of amides is 1. The van der Waals surface area contributed by atoms with Gasteiger partial charge in [0.15, 0.2) is 0 Å². The third-order valence-corrected chi connectivity index (χ3v) is 3.73. The summed E-state index contributed by atoms with van der Waals surface area (Å²) < 4.78 is 10.8. The van der Waals surface area contributed by atoms with E-state index in [1.165, 1.54) is 0 Å². The second-order valence-electron chi connectivity index (χ2n) is 6.62. The number of hydrogen-bond acceptors (Lipinski definition) is 4. The summed E-state index contributed by atoms with van der Waals surface area (Å²) in [4.78, 5) is 14.1.